The van der Waals surface area contributed by atoms with Crippen LogP contribution >= 0.6 is 12.2 Å². The second-order valence-electron chi connectivity index (χ2n) is 2.11. The zero-order valence-corrected chi connectivity index (χ0v) is 6.59. The minimum atomic E-state index is -1.08. The summed E-state index contributed by atoms with van der Waals surface area (Å²) in [5, 5.41) is 0. The van der Waals surface area contributed by atoms with E-state index in [-0.39, 0.29) is 0 Å². The number of hydrogen-bond donors (Lipinski definition) is 1. The lowest BCUT2D eigenvalue weighted by Crippen LogP contribution is -2.14. The number of hydrogen-bond acceptors (Lipinski definition) is 1. The number of nitrogens with two attached hydrogens (primary N) is 1. The Morgan fingerprint density at radius 2 is 1.58 bits per heavy atom. The average Bonchev–Trinajstić information content (AvgIpc) is 1.82. The highest BCUT2D eigenvalue weighted by molar-refractivity contribution is 7.80. The van der Waals surface area contributed by atoms with Crippen LogP contribution < -0.4 is 5.73 Å². The van der Waals surface area contributed by atoms with Gasteiger partial charge in [-0.1, -0.05) is 12.2 Å². The maximum atomic E-state index is 12.7. The number of halogens is 3. The van der Waals surface area contributed by atoms with E-state index < -0.39 is 28.0 Å². The van der Waals surface area contributed by atoms with Gasteiger partial charge in [-0.15, -0.1) is 0 Å². The SMILES string of the molecule is NC(=S)c1c(F)cc(F)cc1F. The quantitative estimate of drug-likeness (QED) is 0.684. The van der Waals surface area contributed by atoms with E-state index in [2.05, 4.69) is 12.2 Å². The molecule has 12 heavy (non-hydrogen) atoms. The Hall–Kier alpha value is -1.10. The standard InChI is InChI=1S/C7H4F3NS/c8-3-1-4(9)6(7(11)12)5(10)2-3/h1-2H,(H2,11,12). The molecule has 1 rings (SSSR count). The summed E-state index contributed by atoms with van der Waals surface area (Å²) in [6, 6.07) is 1.05. The molecule has 1 aromatic carbocycles. The summed E-state index contributed by atoms with van der Waals surface area (Å²) in [4.78, 5) is -0.426. The van der Waals surface area contributed by atoms with Gasteiger partial charge in [0.1, 0.15) is 22.4 Å². The summed E-state index contributed by atoms with van der Waals surface area (Å²) in [6.07, 6.45) is 0. The van der Waals surface area contributed by atoms with E-state index in [1.165, 1.54) is 0 Å². The van der Waals surface area contributed by atoms with Gasteiger partial charge in [0.2, 0.25) is 0 Å². The van der Waals surface area contributed by atoms with Gasteiger partial charge < -0.3 is 5.73 Å². The van der Waals surface area contributed by atoms with Crippen LogP contribution in [0.25, 0.3) is 0 Å². The first kappa shape index (κ1) is 8.99. The fraction of sp³-hybridized carbons (Fsp3) is 0. The van der Waals surface area contributed by atoms with Crippen LogP contribution in [0, 0.1) is 17.5 Å². The van der Waals surface area contributed by atoms with E-state index in [1.54, 1.807) is 0 Å². The van der Waals surface area contributed by atoms with Crippen molar-refractivity contribution >= 4 is 17.2 Å². The van der Waals surface area contributed by atoms with Crippen molar-refractivity contribution in [2.24, 2.45) is 5.73 Å². The topological polar surface area (TPSA) is 26.0 Å². The first-order valence-electron chi connectivity index (χ1n) is 2.96. The molecule has 0 unspecified atom stereocenters. The van der Waals surface area contributed by atoms with E-state index >= 15 is 0 Å². The third kappa shape index (κ3) is 1.55. The monoisotopic (exact) mass is 191 g/mol. The van der Waals surface area contributed by atoms with Crippen LogP contribution in [0.5, 0.6) is 0 Å². The number of benzene rings is 1. The smallest absolute Gasteiger partial charge is 0.139 e. The molecule has 0 bridgehead atoms. The van der Waals surface area contributed by atoms with Crippen LogP contribution in [0.4, 0.5) is 13.2 Å². The highest BCUT2D eigenvalue weighted by Crippen LogP contribution is 2.13. The van der Waals surface area contributed by atoms with Crippen molar-refractivity contribution in [1.29, 1.82) is 0 Å². The fourth-order valence-electron chi connectivity index (χ4n) is 0.778. The Balaban J connectivity index is 3.38. The molecule has 2 N–H and O–H groups in total. The molecule has 0 saturated heterocycles. The Labute approximate surface area is 72.0 Å². The van der Waals surface area contributed by atoms with Crippen LogP contribution in [-0.4, -0.2) is 4.99 Å². The molecule has 0 atom stereocenters. The number of rotatable bonds is 1. The van der Waals surface area contributed by atoms with Gasteiger partial charge in [-0.3, -0.25) is 0 Å². The molecule has 5 heteroatoms. The lowest BCUT2D eigenvalue weighted by atomic mass is 10.2. The van der Waals surface area contributed by atoms with E-state index in [0.29, 0.717) is 12.1 Å². The van der Waals surface area contributed by atoms with Crippen LogP contribution in [0.2, 0.25) is 0 Å². The van der Waals surface area contributed by atoms with Crippen molar-refractivity contribution in [2.45, 2.75) is 0 Å². The van der Waals surface area contributed by atoms with Gasteiger partial charge in [-0.2, -0.15) is 0 Å². The van der Waals surface area contributed by atoms with Crippen molar-refractivity contribution in [2.75, 3.05) is 0 Å². The van der Waals surface area contributed by atoms with Crippen LogP contribution in [-0.2, 0) is 0 Å². The van der Waals surface area contributed by atoms with E-state index in [1.807, 2.05) is 0 Å². The molecule has 64 valence electrons. The lowest BCUT2D eigenvalue weighted by molar-refractivity contribution is 0.540. The highest BCUT2D eigenvalue weighted by Gasteiger charge is 2.12. The minimum Gasteiger partial charge on any atom is -0.389 e. The predicted molar refractivity (Wildman–Crippen MR) is 42.2 cm³/mol. The molecule has 1 aromatic rings. The maximum Gasteiger partial charge on any atom is 0.139 e. The van der Waals surface area contributed by atoms with E-state index in [9.17, 15) is 13.2 Å². The Bertz CT molecular complexity index is 314. The summed E-state index contributed by atoms with van der Waals surface area (Å²) in [5.74, 6) is -3.16. The highest BCUT2D eigenvalue weighted by atomic mass is 32.1. The van der Waals surface area contributed by atoms with Gasteiger partial charge >= 0.3 is 0 Å². The Morgan fingerprint density at radius 3 is 1.92 bits per heavy atom. The van der Waals surface area contributed by atoms with Gasteiger partial charge in [-0.05, 0) is 0 Å². The third-order valence-corrected chi connectivity index (χ3v) is 1.46. The molecule has 0 aliphatic carbocycles. The van der Waals surface area contributed by atoms with Gasteiger partial charge in [-0.25, -0.2) is 13.2 Å². The van der Waals surface area contributed by atoms with E-state index in [0.717, 1.165) is 0 Å². The number of thiocarbonyl (C=S) groups is 1. The first-order valence-corrected chi connectivity index (χ1v) is 3.37. The van der Waals surface area contributed by atoms with Gasteiger partial charge in [0, 0.05) is 12.1 Å². The molecule has 0 amide bonds. The normalized spacial score (nSPS) is 9.92. The molecule has 0 aromatic heterocycles. The molecule has 0 radical (unpaired) electrons. The Kier molecular flexibility index (Phi) is 2.32. The molecular weight excluding hydrogens is 187 g/mol. The molecular formula is C7H4F3NS. The van der Waals surface area contributed by atoms with Crippen molar-refractivity contribution in [3.63, 3.8) is 0 Å². The molecule has 0 spiro atoms. The van der Waals surface area contributed by atoms with Crippen LogP contribution in [0.1, 0.15) is 5.56 Å². The van der Waals surface area contributed by atoms with Crippen LogP contribution in [0.3, 0.4) is 0 Å². The maximum absolute atomic E-state index is 12.7. The molecule has 0 fully saturated rings. The lowest BCUT2D eigenvalue weighted by Gasteiger charge is -2.01. The minimum absolute atomic E-state index is 0.426. The molecule has 0 aliphatic heterocycles. The molecule has 0 heterocycles. The van der Waals surface area contributed by atoms with Crippen molar-refractivity contribution in [1.82, 2.24) is 0 Å². The second-order valence-corrected chi connectivity index (χ2v) is 2.55. The summed E-state index contributed by atoms with van der Waals surface area (Å²) in [6.45, 7) is 0. The molecule has 0 aliphatic rings. The predicted octanol–water partition coefficient (Wildman–Crippen LogP) is 1.74. The van der Waals surface area contributed by atoms with Gasteiger partial charge in [0.15, 0.2) is 0 Å². The van der Waals surface area contributed by atoms with Crippen molar-refractivity contribution in [3.05, 3.63) is 35.1 Å². The molecule has 0 saturated carbocycles. The zero-order valence-electron chi connectivity index (χ0n) is 5.77. The second kappa shape index (κ2) is 3.10. The summed E-state index contributed by atoms with van der Waals surface area (Å²) >= 11 is 4.36. The first-order chi connectivity index (χ1) is 5.52. The van der Waals surface area contributed by atoms with Crippen molar-refractivity contribution in [3.8, 4) is 0 Å². The zero-order chi connectivity index (χ0) is 9.30. The van der Waals surface area contributed by atoms with E-state index in [4.69, 9.17) is 5.73 Å². The summed E-state index contributed by atoms with van der Waals surface area (Å²) < 4.78 is 37.7. The summed E-state index contributed by atoms with van der Waals surface area (Å²) in [5.41, 5.74) is 4.44. The third-order valence-electron chi connectivity index (χ3n) is 1.25. The van der Waals surface area contributed by atoms with Gasteiger partial charge in [0.25, 0.3) is 0 Å². The fourth-order valence-corrected chi connectivity index (χ4v) is 0.973. The largest absolute Gasteiger partial charge is 0.389 e. The summed E-state index contributed by atoms with van der Waals surface area (Å²) in [7, 11) is 0. The average molecular weight is 191 g/mol. The van der Waals surface area contributed by atoms with Crippen molar-refractivity contribution < 1.29 is 13.2 Å². The van der Waals surface area contributed by atoms with Crippen LogP contribution in [0.15, 0.2) is 12.1 Å². The molecule has 1 nitrogen and oxygen atoms in total. The van der Waals surface area contributed by atoms with Gasteiger partial charge in [0.05, 0.1) is 5.56 Å². The Morgan fingerprint density at radius 1 is 1.17 bits per heavy atom.